The number of carbonyl (C=O) groups excluding carboxylic acids is 5. The highest BCUT2D eigenvalue weighted by Gasteiger charge is 2.44. The number of fused-ring (bicyclic) bond motifs is 2. The summed E-state index contributed by atoms with van der Waals surface area (Å²) in [5, 5.41) is 5.42. The monoisotopic (exact) mass is 797 g/mol. The van der Waals surface area contributed by atoms with Crippen LogP contribution in [0.15, 0.2) is 41.3 Å². The molecule has 1 unspecified atom stereocenters. The maximum Gasteiger partial charge on any atom is 0.317 e. The van der Waals surface area contributed by atoms with Crippen LogP contribution in [0.5, 0.6) is 17.2 Å². The number of ether oxygens (including phenoxy) is 3. The minimum Gasteiger partial charge on any atom is -0.496 e. The topological polar surface area (TPSA) is 172 Å². The van der Waals surface area contributed by atoms with Gasteiger partial charge in [0.25, 0.3) is 17.4 Å². The molecule has 5 heterocycles. The highest BCUT2D eigenvalue weighted by Crippen LogP contribution is 2.38. The van der Waals surface area contributed by atoms with Crippen molar-refractivity contribution in [2.75, 3.05) is 61.1 Å². The molecule has 4 aliphatic rings. The van der Waals surface area contributed by atoms with Gasteiger partial charge in [0.15, 0.2) is 0 Å². The molecule has 16 nitrogen and oxygen atoms in total. The zero-order valence-electron chi connectivity index (χ0n) is 33.7. The van der Waals surface area contributed by atoms with Gasteiger partial charge in [-0.3, -0.25) is 34.2 Å². The lowest BCUT2D eigenvalue weighted by atomic mass is 9.91. The summed E-state index contributed by atoms with van der Waals surface area (Å²) in [7, 11) is 8.99. The minimum absolute atomic E-state index is 0.0163. The SMILES string of the molecule is COc1cc(-c2cn(C)c(=O)c3c2CCN(C(=O)NC2CCN(CCCOc4ccc5c(c4)C(=O)N(C4CCC(=O)NC4=O)C5=O)CC2)C3)cc(OC)c1CN(C)C. The second-order valence-corrected chi connectivity index (χ2v) is 15.6. The standard InChI is InChI=1S/C42H51N7O9/c1-45(2)22-33-35(56-4)19-25(20-36(33)57-5)31-23-46(3)39(52)32-24-48(17-13-28(31)32)42(55)43-26-11-15-47(16-12-26)14-6-18-58-27-7-8-29-30(21-27)41(54)49(40(29)53)34-9-10-37(50)44-38(34)51/h7-8,19-21,23,26,34H,6,9-18,22,24H2,1-5H3,(H,43,55)(H,44,50,51). The smallest absolute Gasteiger partial charge is 0.317 e. The number of likely N-dealkylation sites (tertiary alicyclic amines) is 1. The molecule has 308 valence electrons. The first kappa shape index (κ1) is 40.5. The van der Waals surface area contributed by atoms with E-state index in [4.69, 9.17) is 14.2 Å². The fraction of sp³-hybridized carbons (Fsp3) is 0.476. The predicted molar refractivity (Wildman–Crippen MR) is 213 cm³/mol. The fourth-order valence-corrected chi connectivity index (χ4v) is 8.42. The lowest BCUT2D eigenvalue weighted by Crippen LogP contribution is -2.54. The van der Waals surface area contributed by atoms with E-state index in [0.717, 1.165) is 66.1 Å². The predicted octanol–water partition coefficient (Wildman–Crippen LogP) is 2.53. The number of imide groups is 2. The molecule has 0 saturated carbocycles. The van der Waals surface area contributed by atoms with Crippen LogP contribution in [0.25, 0.3) is 11.1 Å². The third-order valence-electron chi connectivity index (χ3n) is 11.5. The van der Waals surface area contributed by atoms with E-state index in [-0.39, 0.29) is 48.1 Å². The molecule has 2 fully saturated rings. The Morgan fingerprint density at radius 1 is 0.879 bits per heavy atom. The number of nitrogens with zero attached hydrogens (tertiary/aromatic N) is 5. The molecule has 0 bridgehead atoms. The van der Waals surface area contributed by atoms with Gasteiger partial charge < -0.3 is 38.8 Å². The average molecular weight is 798 g/mol. The van der Waals surface area contributed by atoms with Crippen LogP contribution in [0.1, 0.15) is 69.5 Å². The van der Waals surface area contributed by atoms with Gasteiger partial charge in [0, 0.05) is 69.6 Å². The van der Waals surface area contributed by atoms with Gasteiger partial charge in [-0.15, -0.1) is 0 Å². The number of aromatic nitrogens is 1. The quantitative estimate of drug-likeness (QED) is 0.204. The van der Waals surface area contributed by atoms with Gasteiger partial charge in [0.1, 0.15) is 23.3 Å². The van der Waals surface area contributed by atoms with Crippen LogP contribution < -0.4 is 30.4 Å². The molecule has 2 N–H and O–H groups in total. The van der Waals surface area contributed by atoms with Crippen molar-refractivity contribution in [3.8, 4) is 28.4 Å². The number of benzene rings is 2. The molecular weight excluding hydrogens is 747 g/mol. The molecule has 58 heavy (non-hydrogen) atoms. The van der Waals surface area contributed by atoms with Crippen LogP contribution in [0.4, 0.5) is 4.79 Å². The summed E-state index contributed by atoms with van der Waals surface area (Å²) in [5.74, 6) is -0.322. The van der Waals surface area contributed by atoms with Gasteiger partial charge in [-0.2, -0.15) is 0 Å². The maximum atomic E-state index is 13.5. The van der Waals surface area contributed by atoms with E-state index < -0.39 is 29.7 Å². The van der Waals surface area contributed by atoms with Gasteiger partial charge in [0.2, 0.25) is 11.8 Å². The summed E-state index contributed by atoms with van der Waals surface area (Å²) in [4.78, 5) is 84.1. The van der Waals surface area contributed by atoms with E-state index in [1.807, 2.05) is 37.3 Å². The summed E-state index contributed by atoms with van der Waals surface area (Å²) in [6.07, 6.45) is 4.87. The van der Waals surface area contributed by atoms with E-state index >= 15 is 0 Å². The molecule has 0 aliphatic carbocycles. The van der Waals surface area contributed by atoms with Crippen LogP contribution >= 0.6 is 0 Å². The number of urea groups is 1. The highest BCUT2D eigenvalue weighted by atomic mass is 16.5. The molecule has 2 aromatic carbocycles. The molecule has 1 atom stereocenters. The van der Waals surface area contributed by atoms with Crippen LogP contribution in [-0.2, 0) is 36.1 Å². The molecule has 6 amide bonds. The number of hydrogen-bond acceptors (Lipinski definition) is 11. The third kappa shape index (κ3) is 8.16. The van der Waals surface area contributed by atoms with E-state index in [1.165, 1.54) is 12.1 Å². The molecule has 2 saturated heterocycles. The maximum absolute atomic E-state index is 13.5. The summed E-state index contributed by atoms with van der Waals surface area (Å²) in [6, 6.07) is 7.52. The van der Waals surface area contributed by atoms with Gasteiger partial charge in [0.05, 0.1) is 44.1 Å². The van der Waals surface area contributed by atoms with E-state index in [1.54, 1.807) is 36.8 Å². The molecule has 16 heteroatoms. The highest BCUT2D eigenvalue weighted by molar-refractivity contribution is 6.23. The van der Waals surface area contributed by atoms with Crippen LogP contribution in [0, 0.1) is 0 Å². The van der Waals surface area contributed by atoms with Gasteiger partial charge in [-0.25, -0.2) is 4.79 Å². The Hall–Kier alpha value is -5.74. The van der Waals surface area contributed by atoms with Crippen molar-refractivity contribution in [3.63, 3.8) is 0 Å². The number of carbonyl (C=O) groups is 5. The Morgan fingerprint density at radius 3 is 2.26 bits per heavy atom. The number of aryl methyl sites for hydroxylation is 1. The number of methoxy groups -OCH3 is 2. The lowest BCUT2D eigenvalue weighted by Gasteiger charge is -2.35. The second-order valence-electron chi connectivity index (χ2n) is 15.6. The molecule has 1 aromatic heterocycles. The molecule has 0 spiro atoms. The zero-order chi connectivity index (χ0) is 41.2. The van der Waals surface area contributed by atoms with Crippen molar-refractivity contribution in [2.45, 2.75) is 63.7 Å². The first-order valence-corrected chi connectivity index (χ1v) is 19.7. The Bertz CT molecular complexity index is 2170. The molecule has 0 radical (unpaired) electrons. The van der Waals surface area contributed by atoms with Gasteiger partial charge in [-0.05, 0) is 87.7 Å². The summed E-state index contributed by atoms with van der Waals surface area (Å²) in [5.41, 5.74) is 4.56. The first-order valence-electron chi connectivity index (χ1n) is 19.7. The average Bonchev–Trinajstić information content (AvgIpc) is 3.45. The Morgan fingerprint density at radius 2 is 1.59 bits per heavy atom. The number of nitrogens with one attached hydrogen (secondary N) is 2. The Balaban J connectivity index is 0.892. The lowest BCUT2D eigenvalue weighted by molar-refractivity contribution is -0.136. The van der Waals surface area contributed by atoms with Crippen molar-refractivity contribution in [1.29, 1.82) is 0 Å². The van der Waals surface area contributed by atoms with Gasteiger partial charge in [-0.1, -0.05) is 0 Å². The molecule has 7 rings (SSSR count). The van der Waals surface area contributed by atoms with Crippen molar-refractivity contribution in [3.05, 3.63) is 74.7 Å². The van der Waals surface area contributed by atoms with E-state index in [2.05, 4.69) is 15.5 Å². The number of amides is 6. The normalized spacial score (nSPS) is 18.6. The van der Waals surface area contributed by atoms with E-state index in [0.29, 0.717) is 48.9 Å². The number of rotatable bonds is 12. The zero-order valence-corrected chi connectivity index (χ0v) is 33.7. The first-order chi connectivity index (χ1) is 27.9. The van der Waals surface area contributed by atoms with Crippen molar-refractivity contribution in [1.82, 2.24) is 34.8 Å². The number of hydrogen-bond donors (Lipinski definition) is 2. The van der Waals surface area contributed by atoms with Crippen LogP contribution in [0.2, 0.25) is 0 Å². The second kappa shape index (κ2) is 17.0. The molecule has 3 aromatic rings. The van der Waals surface area contributed by atoms with Crippen molar-refractivity contribution in [2.24, 2.45) is 7.05 Å². The van der Waals surface area contributed by atoms with Crippen LogP contribution in [0.3, 0.4) is 0 Å². The minimum atomic E-state index is -1.02. The number of piperidine rings is 2. The number of pyridine rings is 1. The Labute approximate surface area is 337 Å². The summed E-state index contributed by atoms with van der Waals surface area (Å²) < 4.78 is 19.1. The van der Waals surface area contributed by atoms with Crippen LogP contribution in [-0.4, -0.2) is 127 Å². The van der Waals surface area contributed by atoms with Gasteiger partial charge >= 0.3 is 6.03 Å². The third-order valence-corrected chi connectivity index (χ3v) is 11.5. The Kier molecular flexibility index (Phi) is 11.9. The molecule has 4 aliphatic heterocycles. The van der Waals surface area contributed by atoms with Crippen molar-refractivity contribution < 1.29 is 38.2 Å². The van der Waals surface area contributed by atoms with Crippen molar-refractivity contribution >= 4 is 29.7 Å². The molecular formula is C42H51N7O9. The fourth-order valence-electron chi connectivity index (χ4n) is 8.42. The van der Waals surface area contributed by atoms with E-state index in [9.17, 15) is 28.8 Å². The largest absolute Gasteiger partial charge is 0.496 e. The summed E-state index contributed by atoms with van der Waals surface area (Å²) >= 11 is 0. The summed E-state index contributed by atoms with van der Waals surface area (Å²) in [6.45, 7) is 4.15.